The molecule has 0 aromatic heterocycles. The first-order chi connectivity index (χ1) is 32.5. The molecule has 0 saturated heterocycles. The first-order valence-electron chi connectivity index (χ1n) is 29.3. The number of hydrogen-bond acceptors (Lipinski definition) is 7. The minimum atomic E-state index is -4.38. The van der Waals surface area contributed by atoms with Crippen molar-refractivity contribution in [3.05, 3.63) is 0 Å². The minimum absolute atomic E-state index is 0.0374. The first kappa shape index (κ1) is 66.0. The van der Waals surface area contributed by atoms with Crippen LogP contribution in [0.2, 0.25) is 0 Å². The van der Waals surface area contributed by atoms with E-state index in [0.29, 0.717) is 17.4 Å². The van der Waals surface area contributed by atoms with Gasteiger partial charge in [-0.05, 0) is 12.8 Å². The number of hydrogen-bond donors (Lipinski definition) is 1. The van der Waals surface area contributed by atoms with Gasteiger partial charge in [-0.25, -0.2) is 4.57 Å². The van der Waals surface area contributed by atoms with Crippen molar-refractivity contribution in [2.75, 3.05) is 47.5 Å². The molecule has 0 aliphatic rings. The zero-order chi connectivity index (χ0) is 49.2. The number of unbranched alkanes of at least 4 members (excludes halogenated alkanes) is 41. The molecular weight excluding hydrogens is 858 g/mol. The van der Waals surface area contributed by atoms with Crippen LogP contribution < -0.4 is 0 Å². The van der Waals surface area contributed by atoms with Crippen molar-refractivity contribution in [1.29, 1.82) is 0 Å². The van der Waals surface area contributed by atoms with Crippen LogP contribution in [0.15, 0.2) is 0 Å². The van der Waals surface area contributed by atoms with Gasteiger partial charge in [0.1, 0.15) is 19.8 Å². The highest BCUT2D eigenvalue weighted by molar-refractivity contribution is 7.47. The Balaban J connectivity index is 4.05. The molecule has 2 atom stereocenters. The van der Waals surface area contributed by atoms with Crippen LogP contribution in [0.5, 0.6) is 0 Å². The molecule has 1 N–H and O–H groups in total. The summed E-state index contributed by atoms with van der Waals surface area (Å²) < 4.78 is 34.6. The molecule has 0 heterocycles. The maximum atomic E-state index is 12.8. The molecule has 0 aromatic rings. The lowest BCUT2D eigenvalue weighted by atomic mass is 10.0. The van der Waals surface area contributed by atoms with Crippen LogP contribution in [0.1, 0.15) is 303 Å². The zero-order valence-corrected chi connectivity index (χ0v) is 46.3. The Morgan fingerprint density at radius 2 is 0.672 bits per heavy atom. The summed E-state index contributed by atoms with van der Waals surface area (Å²) in [6.07, 6.45) is 56.0. The summed E-state index contributed by atoms with van der Waals surface area (Å²) in [6.45, 7) is 4.50. The van der Waals surface area contributed by atoms with Crippen LogP contribution >= 0.6 is 7.82 Å². The topological polar surface area (TPSA) is 108 Å². The Morgan fingerprint density at radius 1 is 0.403 bits per heavy atom. The van der Waals surface area contributed by atoms with Gasteiger partial charge in [-0.15, -0.1) is 0 Å². The van der Waals surface area contributed by atoms with Gasteiger partial charge >= 0.3 is 19.8 Å². The standard InChI is InChI=1S/C57H114NO8P/c1-6-8-10-12-14-16-18-20-22-24-25-26-27-28-29-30-31-32-33-34-36-38-40-42-44-46-48-50-57(60)66-55(54-65-67(61,62)64-52-51-58(3,4)5)53-63-56(59)49-47-45-43-41-39-37-35-23-21-19-17-15-13-11-9-7-2/h55H,6-54H2,1-5H3/p+1. The summed E-state index contributed by atoms with van der Waals surface area (Å²) in [5, 5.41) is 0. The van der Waals surface area contributed by atoms with Crippen LogP contribution in [0.25, 0.3) is 0 Å². The van der Waals surface area contributed by atoms with E-state index in [1.165, 1.54) is 238 Å². The van der Waals surface area contributed by atoms with Gasteiger partial charge in [0.2, 0.25) is 0 Å². The van der Waals surface area contributed by atoms with Crippen molar-refractivity contribution in [3.8, 4) is 0 Å². The number of phosphoric ester groups is 1. The fraction of sp³-hybridized carbons (Fsp3) is 0.965. The number of nitrogens with zero attached hydrogens (tertiary/aromatic N) is 1. The van der Waals surface area contributed by atoms with Crippen molar-refractivity contribution >= 4 is 19.8 Å². The fourth-order valence-corrected chi connectivity index (χ4v) is 9.58. The molecular formula is C57H115NO8P+. The highest BCUT2D eigenvalue weighted by Gasteiger charge is 2.27. The van der Waals surface area contributed by atoms with Crippen molar-refractivity contribution < 1.29 is 42.1 Å². The smallest absolute Gasteiger partial charge is 0.462 e. The van der Waals surface area contributed by atoms with Crippen LogP contribution in [0.3, 0.4) is 0 Å². The second-order valence-electron chi connectivity index (χ2n) is 21.4. The van der Waals surface area contributed by atoms with Gasteiger partial charge in [0.25, 0.3) is 0 Å². The van der Waals surface area contributed by atoms with E-state index < -0.39 is 26.5 Å². The van der Waals surface area contributed by atoms with Gasteiger partial charge < -0.3 is 18.9 Å². The third kappa shape index (κ3) is 54.2. The Bertz CT molecular complexity index is 1100. The molecule has 0 amide bonds. The number of carbonyl (C=O) groups excluding carboxylic acids is 2. The molecule has 0 aromatic carbocycles. The molecule has 67 heavy (non-hydrogen) atoms. The second-order valence-corrected chi connectivity index (χ2v) is 22.9. The van der Waals surface area contributed by atoms with E-state index >= 15 is 0 Å². The number of phosphoric acid groups is 1. The molecule has 9 nitrogen and oxygen atoms in total. The molecule has 400 valence electrons. The molecule has 0 radical (unpaired) electrons. The second kappa shape index (κ2) is 50.0. The lowest BCUT2D eigenvalue weighted by molar-refractivity contribution is -0.870. The third-order valence-electron chi connectivity index (χ3n) is 13.4. The van der Waals surface area contributed by atoms with Crippen LogP contribution in [0, 0.1) is 0 Å². The summed E-state index contributed by atoms with van der Waals surface area (Å²) in [5.41, 5.74) is 0. The summed E-state index contributed by atoms with van der Waals surface area (Å²) in [5.74, 6) is -0.774. The van der Waals surface area contributed by atoms with Crippen LogP contribution in [0.4, 0.5) is 0 Å². The normalized spacial score (nSPS) is 13.2. The third-order valence-corrected chi connectivity index (χ3v) is 14.4. The zero-order valence-electron chi connectivity index (χ0n) is 45.4. The summed E-state index contributed by atoms with van der Waals surface area (Å²) in [4.78, 5) is 35.6. The van der Waals surface area contributed by atoms with E-state index in [9.17, 15) is 19.0 Å². The Hall–Kier alpha value is -0.990. The number of rotatable bonds is 55. The average Bonchev–Trinajstić information content (AvgIpc) is 3.29. The maximum absolute atomic E-state index is 12.8. The summed E-state index contributed by atoms with van der Waals surface area (Å²) in [7, 11) is 1.50. The van der Waals surface area contributed by atoms with Crippen molar-refractivity contribution in [1.82, 2.24) is 0 Å². The molecule has 0 spiro atoms. The van der Waals surface area contributed by atoms with Crippen molar-refractivity contribution in [2.45, 2.75) is 309 Å². The van der Waals surface area contributed by atoms with Gasteiger partial charge in [0, 0.05) is 12.8 Å². The summed E-state index contributed by atoms with van der Waals surface area (Å²) >= 11 is 0. The minimum Gasteiger partial charge on any atom is -0.462 e. The maximum Gasteiger partial charge on any atom is 0.472 e. The van der Waals surface area contributed by atoms with Gasteiger partial charge in [-0.3, -0.25) is 18.6 Å². The Morgan fingerprint density at radius 3 is 0.955 bits per heavy atom. The Labute approximate surface area is 416 Å². The van der Waals surface area contributed by atoms with Crippen LogP contribution in [-0.2, 0) is 32.7 Å². The largest absolute Gasteiger partial charge is 0.472 e. The SMILES string of the molecule is CCCCCCCCCCCCCCCCCCCCCCCCCCCCCC(=O)OC(COC(=O)CCCCCCCCCCCCCCCCCC)COP(=O)(O)OCC[N+](C)(C)C. The fourth-order valence-electron chi connectivity index (χ4n) is 8.84. The predicted molar refractivity (Wildman–Crippen MR) is 285 cm³/mol. The molecule has 0 aliphatic heterocycles. The van der Waals surface area contributed by atoms with E-state index in [0.717, 1.165) is 38.5 Å². The van der Waals surface area contributed by atoms with E-state index in [2.05, 4.69) is 13.8 Å². The van der Waals surface area contributed by atoms with E-state index in [1.54, 1.807) is 0 Å². The number of quaternary nitrogens is 1. The average molecular weight is 974 g/mol. The number of likely N-dealkylation sites (N-methyl/N-ethyl adjacent to an activating group) is 1. The van der Waals surface area contributed by atoms with E-state index in [4.69, 9.17) is 18.5 Å². The van der Waals surface area contributed by atoms with Crippen LogP contribution in [-0.4, -0.2) is 74.9 Å². The molecule has 0 fully saturated rings. The molecule has 0 bridgehead atoms. The highest BCUT2D eigenvalue weighted by Crippen LogP contribution is 2.43. The van der Waals surface area contributed by atoms with Crippen molar-refractivity contribution in [2.24, 2.45) is 0 Å². The monoisotopic (exact) mass is 973 g/mol. The van der Waals surface area contributed by atoms with Gasteiger partial charge in [0.05, 0.1) is 27.7 Å². The number of esters is 2. The number of ether oxygens (including phenoxy) is 2. The lowest BCUT2D eigenvalue weighted by Gasteiger charge is -2.24. The van der Waals surface area contributed by atoms with Gasteiger partial charge in [0.15, 0.2) is 6.10 Å². The van der Waals surface area contributed by atoms with Crippen molar-refractivity contribution in [3.63, 3.8) is 0 Å². The predicted octanol–water partition coefficient (Wildman–Crippen LogP) is 17.9. The van der Waals surface area contributed by atoms with E-state index in [1.807, 2.05) is 21.1 Å². The first-order valence-corrected chi connectivity index (χ1v) is 30.8. The van der Waals surface area contributed by atoms with E-state index in [-0.39, 0.29) is 25.6 Å². The van der Waals surface area contributed by atoms with Gasteiger partial charge in [-0.2, -0.15) is 0 Å². The lowest BCUT2D eigenvalue weighted by Crippen LogP contribution is -2.37. The molecule has 0 rings (SSSR count). The molecule has 0 saturated carbocycles. The molecule has 2 unspecified atom stereocenters. The van der Waals surface area contributed by atoms with Gasteiger partial charge in [-0.1, -0.05) is 277 Å². The Kier molecular flexibility index (Phi) is 49.2. The quantitative estimate of drug-likeness (QED) is 0.0278. The highest BCUT2D eigenvalue weighted by atomic mass is 31.2. The number of carbonyl (C=O) groups is 2. The molecule has 0 aliphatic carbocycles. The summed E-state index contributed by atoms with van der Waals surface area (Å²) in [6, 6.07) is 0. The molecule has 10 heteroatoms.